The number of likely N-dealkylation sites (tertiary alicyclic amines) is 1. The molecule has 1 N–H and O–H groups in total. The van der Waals surface area contributed by atoms with Crippen molar-refractivity contribution in [1.82, 2.24) is 4.90 Å². The highest BCUT2D eigenvalue weighted by Gasteiger charge is 2.46. The maximum Gasteiger partial charge on any atom is 0.311 e. The second-order valence-corrected chi connectivity index (χ2v) is 5.78. The van der Waals surface area contributed by atoms with Crippen LogP contribution in [0.15, 0.2) is 12.7 Å². The SMILES string of the molecule is C=CCCCCCN1CCC(C(=O)O)(C(C)C)C1. The van der Waals surface area contributed by atoms with Gasteiger partial charge in [-0.05, 0) is 44.7 Å². The highest BCUT2D eigenvalue weighted by atomic mass is 16.4. The van der Waals surface area contributed by atoms with Crippen LogP contribution in [0.25, 0.3) is 0 Å². The van der Waals surface area contributed by atoms with Crippen LogP contribution in [0.2, 0.25) is 0 Å². The zero-order valence-corrected chi connectivity index (χ0v) is 11.8. The average molecular weight is 253 g/mol. The number of hydrogen-bond donors (Lipinski definition) is 1. The zero-order valence-electron chi connectivity index (χ0n) is 11.8. The lowest BCUT2D eigenvalue weighted by atomic mass is 9.76. The molecule has 0 aromatic rings. The lowest BCUT2D eigenvalue weighted by Crippen LogP contribution is -2.39. The van der Waals surface area contributed by atoms with E-state index in [9.17, 15) is 9.90 Å². The van der Waals surface area contributed by atoms with Crippen LogP contribution in [-0.2, 0) is 4.79 Å². The maximum absolute atomic E-state index is 11.5. The van der Waals surface area contributed by atoms with Crippen LogP contribution in [0.3, 0.4) is 0 Å². The molecule has 18 heavy (non-hydrogen) atoms. The van der Waals surface area contributed by atoms with E-state index in [-0.39, 0.29) is 5.92 Å². The summed E-state index contributed by atoms with van der Waals surface area (Å²) in [5.41, 5.74) is -0.513. The van der Waals surface area contributed by atoms with Crippen molar-refractivity contribution in [2.45, 2.75) is 46.0 Å². The Balaban J connectivity index is 2.35. The molecule has 1 aliphatic rings. The number of hydrogen-bond acceptors (Lipinski definition) is 2. The Morgan fingerprint density at radius 2 is 2.17 bits per heavy atom. The largest absolute Gasteiger partial charge is 0.481 e. The van der Waals surface area contributed by atoms with E-state index in [0.717, 1.165) is 32.5 Å². The summed E-state index contributed by atoms with van der Waals surface area (Å²) in [5.74, 6) is -0.410. The van der Waals surface area contributed by atoms with Gasteiger partial charge in [-0.25, -0.2) is 0 Å². The third-order valence-electron chi connectivity index (χ3n) is 4.29. The third-order valence-corrected chi connectivity index (χ3v) is 4.29. The number of nitrogens with zero attached hydrogens (tertiary/aromatic N) is 1. The van der Waals surface area contributed by atoms with E-state index in [1.54, 1.807) is 0 Å². The number of carbonyl (C=O) groups is 1. The van der Waals surface area contributed by atoms with E-state index < -0.39 is 11.4 Å². The van der Waals surface area contributed by atoms with Crippen LogP contribution in [0.5, 0.6) is 0 Å². The van der Waals surface area contributed by atoms with E-state index in [0.29, 0.717) is 0 Å². The normalized spacial score (nSPS) is 24.6. The summed E-state index contributed by atoms with van der Waals surface area (Å²) in [5, 5.41) is 9.46. The minimum Gasteiger partial charge on any atom is -0.481 e. The predicted molar refractivity (Wildman–Crippen MR) is 74.6 cm³/mol. The van der Waals surface area contributed by atoms with Gasteiger partial charge in [-0.3, -0.25) is 4.79 Å². The Bertz CT molecular complexity index is 288. The van der Waals surface area contributed by atoms with E-state index in [4.69, 9.17) is 0 Å². The molecular formula is C15H27NO2. The number of aliphatic carboxylic acids is 1. The Kier molecular flexibility index (Phi) is 5.86. The molecular weight excluding hydrogens is 226 g/mol. The van der Waals surface area contributed by atoms with Crippen LogP contribution in [0.1, 0.15) is 46.0 Å². The first-order valence-corrected chi connectivity index (χ1v) is 7.09. The van der Waals surface area contributed by atoms with Gasteiger partial charge in [-0.1, -0.05) is 26.3 Å². The van der Waals surface area contributed by atoms with Crippen LogP contribution >= 0.6 is 0 Å². The quantitative estimate of drug-likeness (QED) is 0.533. The van der Waals surface area contributed by atoms with Gasteiger partial charge in [0.2, 0.25) is 0 Å². The third kappa shape index (κ3) is 3.58. The van der Waals surface area contributed by atoms with Gasteiger partial charge in [-0.15, -0.1) is 6.58 Å². The molecule has 0 amide bonds. The van der Waals surface area contributed by atoms with Crippen molar-refractivity contribution in [2.75, 3.05) is 19.6 Å². The fraction of sp³-hybridized carbons (Fsp3) is 0.800. The molecule has 1 heterocycles. The fourth-order valence-electron chi connectivity index (χ4n) is 2.80. The van der Waals surface area contributed by atoms with Crippen molar-refractivity contribution in [3.05, 3.63) is 12.7 Å². The van der Waals surface area contributed by atoms with Gasteiger partial charge in [0.1, 0.15) is 0 Å². The molecule has 0 aromatic heterocycles. The van der Waals surface area contributed by atoms with Crippen LogP contribution in [-0.4, -0.2) is 35.6 Å². The van der Waals surface area contributed by atoms with E-state index in [2.05, 4.69) is 11.5 Å². The van der Waals surface area contributed by atoms with Gasteiger partial charge in [0.05, 0.1) is 5.41 Å². The highest BCUT2D eigenvalue weighted by Crippen LogP contribution is 2.38. The molecule has 0 radical (unpaired) electrons. The zero-order chi connectivity index (χ0) is 13.6. The van der Waals surface area contributed by atoms with Gasteiger partial charge < -0.3 is 10.0 Å². The Morgan fingerprint density at radius 1 is 1.44 bits per heavy atom. The molecule has 3 heteroatoms. The smallest absolute Gasteiger partial charge is 0.311 e. The van der Waals surface area contributed by atoms with Gasteiger partial charge in [0.25, 0.3) is 0 Å². The van der Waals surface area contributed by atoms with Gasteiger partial charge >= 0.3 is 5.97 Å². The first kappa shape index (κ1) is 15.2. The molecule has 104 valence electrons. The molecule has 0 aliphatic carbocycles. The number of carboxylic acid groups (broad SMARTS) is 1. The number of rotatable bonds is 8. The first-order valence-electron chi connectivity index (χ1n) is 7.09. The second kappa shape index (κ2) is 6.93. The molecule has 1 atom stereocenters. The minimum atomic E-state index is -0.619. The van der Waals surface area contributed by atoms with Crippen molar-refractivity contribution in [3.63, 3.8) is 0 Å². The van der Waals surface area contributed by atoms with E-state index >= 15 is 0 Å². The molecule has 1 unspecified atom stereocenters. The van der Waals surface area contributed by atoms with Crippen molar-refractivity contribution in [3.8, 4) is 0 Å². The van der Waals surface area contributed by atoms with E-state index in [1.807, 2.05) is 19.9 Å². The lowest BCUT2D eigenvalue weighted by Gasteiger charge is -2.28. The Morgan fingerprint density at radius 3 is 2.67 bits per heavy atom. The second-order valence-electron chi connectivity index (χ2n) is 5.78. The molecule has 0 spiro atoms. The van der Waals surface area contributed by atoms with Crippen molar-refractivity contribution in [1.29, 1.82) is 0 Å². The highest BCUT2D eigenvalue weighted by molar-refractivity contribution is 5.75. The summed E-state index contributed by atoms with van der Waals surface area (Å²) in [4.78, 5) is 13.8. The summed E-state index contributed by atoms with van der Waals surface area (Å²) in [7, 11) is 0. The van der Waals surface area contributed by atoms with Gasteiger partial charge in [0.15, 0.2) is 0 Å². The summed E-state index contributed by atoms with van der Waals surface area (Å²) in [6.45, 7) is 10.5. The summed E-state index contributed by atoms with van der Waals surface area (Å²) in [6, 6.07) is 0. The fourth-order valence-corrected chi connectivity index (χ4v) is 2.80. The molecule has 1 aliphatic heterocycles. The van der Waals surface area contributed by atoms with Crippen LogP contribution in [0.4, 0.5) is 0 Å². The Hall–Kier alpha value is -0.830. The van der Waals surface area contributed by atoms with Crippen molar-refractivity contribution >= 4 is 5.97 Å². The first-order chi connectivity index (χ1) is 8.53. The Labute approximate surface area is 111 Å². The van der Waals surface area contributed by atoms with E-state index in [1.165, 1.54) is 19.3 Å². The molecule has 1 saturated heterocycles. The average Bonchev–Trinajstić information content (AvgIpc) is 2.74. The monoisotopic (exact) mass is 253 g/mol. The minimum absolute atomic E-state index is 0.209. The lowest BCUT2D eigenvalue weighted by molar-refractivity contribution is -0.151. The molecule has 1 fully saturated rings. The van der Waals surface area contributed by atoms with Crippen LogP contribution < -0.4 is 0 Å². The molecule has 0 bridgehead atoms. The van der Waals surface area contributed by atoms with Crippen LogP contribution in [0, 0.1) is 11.3 Å². The van der Waals surface area contributed by atoms with Gasteiger partial charge in [0, 0.05) is 6.54 Å². The summed E-state index contributed by atoms with van der Waals surface area (Å²) in [6.07, 6.45) is 7.43. The maximum atomic E-state index is 11.5. The standard InChI is InChI=1S/C15H27NO2/c1-4-5-6-7-8-10-16-11-9-15(12-16,13(2)3)14(17)18/h4,13H,1,5-12H2,2-3H3,(H,17,18). The summed E-state index contributed by atoms with van der Waals surface area (Å²) >= 11 is 0. The number of carboxylic acids is 1. The van der Waals surface area contributed by atoms with Crippen molar-refractivity contribution < 1.29 is 9.90 Å². The number of unbranched alkanes of at least 4 members (excludes halogenated alkanes) is 3. The molecule has 0 saturated carbocycles. The predicted octanol–water partition coefficient (Wildman–Crippen LogP) is 3.17. The van der Waals surface area contributed by atoms with Crippen molar-refractivity contribution in [2.24, 2.45) is 11.3 Å². The molecule has 1 rings (SSSR count). The molecule has 3 nitrogen and oxygen atoms in total. The summed E-state index contributed by atoms with van der Waals surface area (Å²) < 4.78 is 0. The molecule has 0 aromatic carbocycles. The number of allylic oxidation sites excluding steroid dienone is 1. The topological polar surface area (TPSA) is 40.5 Å². The van der Waals surface area contributed by atoms with Gasteiger partial charge in [-0.2, -0.15) is 0 Å².